The quantitative estimate of drug-likeness (QED) is 0.538. The van der Waals surface area contributed by atoms with E-state index < -0.39 is 0 Å². The van der Waals surface area contributed by atoms with Crippen molar-refractivity contribution in [3.05, 3.63) is 36.5 Å². The van der Waals surface area contributed by atoms with Crippen LogP contribution in [0.25, 0.3) is 22.2 Å². The fourth-order valence-corrected chi connectivity index (χ4v) is 4.90. The lowest BCUT2D eigenvalue weighted by atomic mass is 10.1. The summed E-state index contributed by atoms with van der Waals surface area (Å²) in [6.07, 6.45) is 3.32. The molecule has 0 unspecified atom stereocenters. The summed E-state index contributed by atoms with van der Waals surface area (Å²) in [5, 5.41) is 8.89. The maximum Gasteiger partial charge on any atom is 0.240 e. The molecule has 2 amide bonds. The number of likely N-dealkylation sites (N-methyl/N-ethyl adjacent to an activating group) is 1. The van der Waals surface area contributed by atoms with Crippen LogP contribution in [0.5, 0.6) is 0 Å². The normalized spacial score (nSPS) is 17.4. The highest BCUT2D eigenvalue weighted by Gasteiger charge is 2.28. The third kappa shape index (κ3) is 4.58. The van der Waals surface area contributed by atoms with Crippen LogP contribution in [0.15, 0.2) is 36.5 Å². The van der Waals surface area contributed by atoms with Crippen LogP contribution < -0.4 is 10.2 Å². The molecule has 9 heteroatoms. The van der Waals surface area contributed by atoms with Gasteiger partial charge in [-0.2, -0.15) is 5.10 Å². The number of nitrogens with zero attached hydrogens (tertiary/aromatic N) is 6. The number of aryl methyl sites for hydroxylation is 2. The molecule has 2 aliphatic heterocycles. The molecule has 2 aliphatic rings. The van der Waals surface area contributed by atoms with Gasteiger partial charge in [0.15, 0.2) is 0 Å². The van der Waals surface area contributed by atoms with Gasteiger partial charge in [-0.1, -0.05) is 18.2 Å². The molecule has 1 fully saturated rings. The molecule has 1 aromatic carbocycles. The monoisotopic (exact) mass is 463 g/mol. The number of nitrogens with one attached hydrogen (secondary N) is 1. The summed E-state index contributed by atoms with van der Waals surface area (Å²) in [6.45, 7) is 6.50. The first kappa shape index (κ1) is 22.6. The van der Waals surface area contributed by atoms with Gasteiger partial charge in [0, 0.05) is 74.9 Å². The highest BCUT2D eigenvalue weighted by atomic mass is 16.2. The topological polar surface area (TPSA) is 78.6 Å². The second kappa shape index (κ2) is 9.60. The zero-order valence-electron chi connectivity index (χ0n) is 20.0. The SMILES string of the molecule is CN1CCN(CCCNC(=O)CN2C(=O)CCn3nc(-c4cn(C)c5ccccc45)cc32)CC1. The summed E-state index contributed by atoms with van der Waals surface area (Å²) in [5.74, 6) is 0.518. The van der Waals surface area contributed by atoms with Gasteiger partial charge >= 0.3 is 0 Å². The second-order valence-electron chi connectivity index (χ2n) is 9.36. The lowest BCUT2D eigenvalue weighted by Gasteiger charge is -2.32. The van der Waals surface area contributed by atoms with E-state index >= 15 is 0 Å². The first-order valence-electron chi connectivity index (χ1n) is 12.1. The van der Waals surface area contributed by atoms with Gasteiger partial charge in [-0.25, -0.2) is 4.68 Å². The maximum absolute atomic E-state index is 12.7. The number of amides is 2. The lowest BCUT2D eigenvalue weighted by molar-refractivity contribution is -0.124. The summed E-state index contributed by atoms with van der Waals surface area (Å²) >= 11 is 0. The molecule has 0 radical (unpaired) electrons. The van der Waals surface area contributed by atoms with Gasteiger partial charge in [-0.15, -0.1) is 0 Å². The standard InChI is InChI=1S/C25H33N7O2/c1-28-12-14-30(15-13-28)10-5-9-26-23(33)18-31-24-16-21(27-32(24)11-8-25(31)34)20-17-29(2)22-7-4-3-6-19(20)22/h3-4,6-7,16-17H,5,8-15,18H2,1-2H3,(H,26,33). The molecule has 1 saturated heterocycles. The van der Waals surface area contributed by atoms with Crippen LogP contribution in [-0.4, -0.2) is 88.8 Å². The van der Waals surface area contributed by atoms with E-state index in [1.807, 2.05) is 29.9 Å². The molecule has 0 spiro atoms. The summed E-state index contributed by atoms with van der Waals surface area (Å²) in [4.78, 5) is 31.7. The highest BCUT2D eigenvalue weighted by molar-refractivity contribution is 6.00. The number of hydrogen-bond acceptors (Lipinski definition) is 5. The van der Waals surface area contributed by atoms with Gasteiger partial charge in [0.1, 0.15) is 12.4 Å². The first-order chi connectivity index (χ1) is 16.5. The number of carbonyl (C=O) groups is 2. The molecule has 4 heterocycles. The molecule has 3 aromatic rings. The molecule has 0 saturated carbocycles. The van der Waals surface area contributed by atoms with E-state index in [1.54, 1.807) is 4.90 Å². The molecule has 0 aliphatic carbocycles. The van der Waals surface area contributed by atoms with Crippen molar-refractivity contribution < 1.29 is 9.59 Å². The van der Waals surface area contributed by atoms with Crippen molar-refractivity contribution in [2.75, 3.05) is 57.8 Å². The Kier molecular flexibility index (Phi) is 6.38. The Hall–Kier alpha value is -3.17. The number of rotatable bonds is 7. The van der Waals surface area contributed by atoms with Gasteiger partial charge in [0.25, 0.3) is 0 Å². The first-order valence-corrected chi connectivity index (χ1v) is 12.1. The number of hydrogen-bond donors (Lipinski definition) is 1. The predicted molar refractivity (Wildman–Crippen MR) is 133 cm³/mol. The smallest absolute Gasteiger partial charge is 0.240 e. The van der Waals surface area contributed by atoms with Crippen LogP contribution in [0, 0.1) is 0 Å². The van der Waals surface area contributed by atoms with E-state index in [0.717, 1.165) is 61.3 Å². The van der Waals surface area contributed by atoms with E-state index in [-0.39, 0.29) is 18.4 Å². The van der Waals surface area contributed by atoms with Crippen LogP contribution in [0.2, 0.25) is 0 Å². The number of benzene rings is 1. The van der Waals surface area contributed by atoms with E-state index in [2.05, 4.69) is 45.1 Å². The van der Waals surface area contributed by atoms with Crippen molar-refractivity contribution in [2.45, 2.75) is 19.4 Å². The van der Waals surface area contributed by atoms with Crippen LogP contribution in [0.1, 0.15) is 12.8 Å². The molecule has 5 rings (SSSR count). The fourth-order valence-electron chi connectivity index (χ4n) is 4.90. The summed E-state index contributed by atoms with van der Waals surface area (Å²) in [7, 11) is 4.17. The Bertz CT molecular complexity index is 1190. The molecule has 0 atom stereocenters. The Labute approximate surface area is 199 Å². The zero-order valence-corrected chi connectivity index (χ0v) is 20.0. The van der Waals surface area contributed by atoms with E-state index in [0.29, 0.717) is 25.3 Å². The van der Waals surface area contributed by atoms with Gasteiger partial charge in [-0.3, -0.25) is 14.5 Å². The van der Waals surface area contributed by atoms with Crippen LogP contribution >= 0.6 is 0 Å². The lowest BCUT2D eigenvalue weighted by Crippen LogP contribution is -2.46. The van der Waals surface area contributed by atoms with Crippen molar-refractivity contribution in [1.29, 1.82) is 0 Å². The van der Waals surface area contributed by atoms with Crippen molar-refractivity contribution in [2.24, 2.45) is 7.05 Å². The van der Waals surface area contributed by atoms with E-state index in [4.69, 9.17) is 5.10 Å². The number of para-hydroxylation sites is 1. The maximum atomic E-state index is 12.7. The minimum absolute atomic E-state index is 0.0218. The third-order valence-corrected chi connectivity index (χ3v) is 6.92. The van der Waals surface area contributed by atoms with E-state index in [9.17, 15) is 9.59 Å². The number of fused-ring (bicyclic) bond motifs is 2. The molecule has 1 N–H and O–H groups in total. The number of piperazine rings is 1. The fraction of sp³-hybridized carbons (Fsp3) is 0.480. The molecule has 0 bridgehead atoms. The van der Waals surface area contributed by atoms with Gasteiger partial charge in [0.05, 0.1) is 12.2 Å². The minimum Gasteiger partial charge on any atom is -0.354 e. The van der Waals surface area contributed by atoms with Crippen molar-refractivity contribution in [3.63, 3.8) is 0 Å². The largest absolute Gasteiger partial charge is 0.354 e. The van der Waals surface area contributed by atoms with Gasteiger partial charge in [0.2, 0.25) is 11.8 Å². The van der Waals surface area contributed by atoms with Crippen molar-refractivity contribution >= 4 is 28.5 Å². The Morgan fingerprint density at radius 2 is 1.88 bits per heavy atom. The minimum atomic E-state index is -0.131. The number of anilines is 1. The Morgan fingerprint density at radius 3 is 2.71 bits per heavy atom. The third-order valence-electron chi connectivity index (χ3n) is 6.92. The second-order valence-corrected chi connectivity index (χ2v) is 9.36. The van der Waals surface area contributed by atoms with Crippen LogP contribution in [0.3, 0.4) is 0 Å². The molecular formula is C25H33N7O2. The van der Waals surface area contributed by atoms with E-state index in [1.165, 1.54) is 0 Å². The average molecular weight is 464 g/mol. The van der Waals surface area contributed by atoms with Crippen molar-refractivity contribution in [1.82, 2.24) is 29.5 Å². The average Bonchev–Trinajstić information content (AvgIpc) is 3.41. The van der Waals surface area contributed by atoms with Crippen molar-refractivity contribution in [3.8, 4) is 11.3 Å². The van der Waals surface area contributed by atoms with Crippen LogP contribution in [-0.2, 0) is 23.2 Å². The molecule has 2 aromatic heterocycles. The van der Waals surface area contributed by atoms with Gasteiger partial charge in [-0.05, 0) is 26.1 Å². The molecule has 180 valence electrons. The Morgan fingerprint density at radius 1 is 1.09 bits per heavy atom. The Balaban J connectivity index is 1.23. The summed E-state index contributed by atoms with van der Waals surface area (Å²) in [5.41, 5.74) is 2.98. The van der Waals surface area contributed by atoms with Gasteiger partial charge < -0.3 is 19.7 Å². The molecule has 34 heavy (non-hydrogen) atoms. The van der Waals surface area contributed by atoms with Crippen LogP contribution in [0.4, 0.5) is 5.82 Å². The summed E-state index contributed by atoms with van der Waals surface area (Å²) in [6, 6.07) is 10.1. The highest BCUT2D eigenvalue weighted by Crippen LogP contribution is 2.33. The zero-order chi connectivity index (χ0) is 23.7. The molecular weight excluding hydrogens is 430 g/mol. The summed E-state index contributed by atoms with van der Waals surface area (Å²) < 4.78 is 3.93. The molecule has 9 nitrogen and oxygen atoms in total. The predicted octanol–water partition coefficient (Wildman–Crippen LogP) is 1.53. The number of carbonyl (C=O) groups excluding carboxylic acids is 2. The number of aromatic nitrogens is 3.